The molecule has 0 amide bonds. The molecule has 0 saturated carbocycles. The second-order valence-electron chi connectivity index (χ2n) is 5.49. The van der Waals surface area contributed by atoms with E-state index in [4.69, 9.17) is 0 Å². The molecule has 0 aromatic carbocycles. The van der Waals surface area contributed by atoms with Gasteiger partial charge in [-0.25, -0.2) is 13.4 Å². The van der Waals surface area contributed by atoms with Crippen molar-refractivity contribution < 1.29 is 8.42 Å². The highest BCUT2D eigenvalue weighted by Crippen LogP contribution is 2.23. The molecule has 0 radical (unpaired) electrons. The zero-order valence-electron chi connectivity index (χ0n) is 11.8. The van der Waals surface area contributed by atoms with Gasteiger partial charge in [0.25, 0.3) is 0 Å². The van der Waals surface area contributed by atoms with Crippen molar-refractivity contribution in [1.29, 1.82) is 0 Å². The summed E-state index contributed by atoms with van der Waals surface area (Å²) in [6.07, 6.45) is 1.56. The number of hydrogen-bond acceptors (Lipinski definition) is 5. The fraction of sp³-hybridized carbons (Fsp3) is 0.357. The molecule has 2 heterocycles. The summed E-state index contributed by atoms with van der Waals surface area (Å²) in [5.41, 5.74) is 2.01. The summed E-state index contributed by atoms with van der Waals surface area (Å²) in [5, 5.41) is 7.42. The maximum absolute atomic E-state index is 12.2. The third kappa shape index (κ3) is 3.19. The van der Waals surface area contributed by atoms with E-state index in [0.29, 0.717) is 6.54 Å². The van der Waals surface area contributed by atoms with Crippen LogP contribution in [0.1, 0.15) is 26.3 Å². The topological polar surface area (TPSA) is 59.1 Å². The number of pyridine rings is 1. The van der Waals surface area contributed by atoms with E-state index >= 15 is 0 Å². The van der Waals surface area contributed by atoms with Crippen molar-refractivity contribution in [1.82, 2.24) is 4.98 Å². The van der Waals surface area contributed by atoms with Gasteiger partial charge in [-0.05, 0) is 55.3 Å². The molecule has 0 fully saturated rings. The molecule has 0 unspecified atom stereocenters. The summed E-state index contributed by atoms with van der Waals surface area (Å²) in [7, 11) is -3.39. The van der Waals surface area contributed by atoms with Gasteiger partial charge in [0.1, 0.15) is 0 Å². The van der Waals surface area contributed by atoms with E-state index in [1.54, 1.807) is 50.4 Å². The minimum atomic E-state index is -3.39. The van der Waals surface area contributed by atoms with Crippen molar-refractivity contribution >= 4 is 26.9 Å². The molecule has 20 heavy (non-hydrogen) atoms. The molecule has 0 bridgehead atoms. The smallest absolute Gasteiger partial charge is 0.200 e. The van der Waals surface area contributed by atoms with Gasteiger partial charge in [0, 0.05) is 6.54 Å². The normalized spacial score (nSPS) is 12.3. The molecule has 0 aliphatic rings. The lowest BCUT2D eigenvalue weighted by Gasteiger charge is -2.18. The van der Waals surface area contributed by atoms with E-state index in [2.05, 4.69) is 15.7 Å². The first-order chi connectivity index (χ1) is 9.30. The Morgan fingerprint density at radius 1 is 1.25 bits per heavy atom. The lowest BCUT2D eigenvalue weighted by atomic mass is 10.3. The fourth-order valence-electron chi connectivity index (χ4n) is 1.55. The third-order valence-electron chi connectivity index (χ3n) is 2.89. The predicted octanol–water partition coefficient (Wildman–Crippen LogP) is 3.33. The summed E-state index contributed by atoms with van der Waals surface area (Å²) in [5.74, 6) is 0. The second-order valence-corrected chi connectivity index (χ2v) is 8.92. The number of rotatable bonds is 4. The molecule has 0 saturated heterocycles. The van der Waals surface area contributed by atoms with Crippen LogP contribution < -0.4 is 5.32 Å². The lowest BCUT2D eigenvalue weighted by molar-refractivity contribution is 0.556. The molecule has 0 aliphatic carbocycles. The highest BCUT2D eigenvalue weighted by Gasteiger charge is 2.31. The minimum Gasteiger partial charge on any atom is -0.380 e. The van der Waals surface area contributed by atoms with Gasteiger partial charge >= 0.3 is 0 Å². The van der Waals surface area contributed by atoms with Gasteiger partial charge in [-0.1, -0.05) is 0 Å². The first kappa shape index (κ1) is 15.0. The first-order valence-electron chi connectivity index (χ1n) is 6.26. The summed E-state index contributed by atoms with van der Waals surface area (Å²) in [4.78, 5) is 4.07. The van der Waals surface area contributed by atoms with E-state index < -0.39 is 14.6 Å². The fourth-order valence-corrected chi connectivity index (χ4v) is 3.29. The van der Waals surface area contributed by atoms with Crippen LogP contribution in [0.25, 0.3) is 0 Å². The molecular weight excluding hydrogens is 292 g/mol. The van der Waals surface area contributed by atoms with Crippen LogP contribution in [0.2, 0.25) is 0 Å². The van der Waals surface area contributed by atoms with Crippen molar-refractivity contribution in [2.45, 2.75) is 37.1 Å². The average molecular weight is 310 g/mol. The monoisotopic (exact) mass is 310 g/mol. The molecule has 6 heteroatoms. The van der Waals surface area contributed by atoms with Crippen molar-refractivity contribution in [2.24, 2.45) is 0 Å². The number of hydrogen-bond donors (Lipinski definition) is 1. The number of thiophene rings is 1. The van der Waals surface area contributed by atoms with Crippen LogP contribution in [0.5, 0.6) is 0 Å². The Labute approximate surface area is 123 Å². The highest BCUT2D eigenvalue weighted by molar-refractivity contribution is 7.92. The van der Waals surface area contributed by atoms with Gasteiger partial charge in [-0.3, -0.25) is 0 Å². The Balaban J connectivity index is 2.11. The Hall–Kier alpha value is -1.40. The van der Waals surface area contributed by atoms with Crippen molar-refractivity contribution in [3.05, 3.63) is 40.7 Å². The first-order valence-corrected chi connectivity index (χ1v) is 8.69. The van der Waals surface area contributed by atoms with Gasteiger partial charge in [-0.15, -0.1) is 0 Å². The molecule has 2 aromatic heterocycles. The Bertz CT molecular complexity index is 654. The largest absolute Gasteiger partial charge is 0.380 e. The number of aromatic nitrogens is 1. The molecular formula is C14H18N2O2S2. The summed E-state index contributed by atoms with van der Waals surface area (Å²) >= 11 is 1.65. The molecule has 2 aromatic rings. The van der Waals surface area contributed by atoms with E-state index in [-0.39, 0.29) is 5.03 Å². The van der Waals surface area contributed by atoms with Crippen LogP contribution in [-0.4, -0.2) is 18.1 Å². The number of nitrogens with one attached hydrogen (secondary N) is 1. The zero-order chi connectivity index (χ0) is 14.8. The Morgan fingerprint density at radius 3 is 2.50 bits per heavy atom. The van der Waals surface area contributed by atoms with Crippen LogP contribution in [0.4, 0.5) is 5.69 Å². The molecule has 1 N–H and O–H groups in total. The van der Waals surface area contributed by atoms with Gasteiger partial charge in [0.2, 0.25) is 0 Å². The quantitative estimate of drug-likeness (QED) is 0.941. The predicted molar refractivity (Wildman–Crippen MR) is 82.8 cm³/mol. The van der Waals surface area contributed by atoms with Gasteiger partial charge in [0.05, 0.1) is 16.6 Å². The summed E-state index contributed by atoms with van der Waals surface area (Å²) in [6.45, 7) is 5.72. The summed E-state index contributed by atoms with van der Waals surface area (Å²) in [6, 6.07) is 5.35. The second kappa shape index (κ2) is 5.54. The van der Waals surface area contributed by atoms with E-state index in [0.717, 1.165) is 5.69 Å². The standard InChI is InChI=1S/C14H18N2O2S2/c1-14(2,3)20(17,18)13-5-4-12(9-16-13)15-8-11-6-7-19-10-11/h4-7,9-10,15H,8H2,1-3H3. The van der Waals surface area contributed by atoms with E-state index in [9.17, 15) is 8.42 Å². The van der Waals surface area contributed by atoms with Crippen LogP contribution in [-0.2, 0) is 16.4 Å². The van der Waals surface area contributed by atoms with Crippen LogP contribution in [0.3, 0.4) is 0 Å². The lowest BCUT2D eigenvalue weighted by Crippen LogP contribution is -2.28. The van der Waals surface area contributed by atoms with Gasteiger partial charge in [0.15, 0.2) is 14.9 Å². The summed E-state index contributed by atoms with van der Waals surface area (Å²) < 4.78 is 23.6. The molecule has 0 aliphatic heterocycles. The molecule has 0 spiro atoms. The number of anilines is 1. The SMILES string of the molecule is CC(C)(C)S(=O)(=O)c1ccc(NCc2ccsc2)cn1. The van der Waals surface area contributed by atoms with E-state index in [1.807, 2.05) is 11.4 Å². The highest BCUT2D eigenvalue weighted by atomic mass is 32.2. The molecule has 0 atom stereocenters. The van der Waals surface area contributed by atoms with Crippen LogP contribution in [0, 0.1) is 0 Å². The van der Waals surface area contributed by atoms with Crippen molar-refractivity contribution in [3.63, 3.8) is 0 Å². The van der Waals surface area contributed by atoms with Crippen LogP contribution >= 0.6 is 11.3 Å². The van der Waals surface area contributed by atoms with Gasteiger partial charge in [-0.2, -0.15) is 11.3 Å². The molecule has 4 nitrogen and oxygen atoms in total. The molecule has 108 valence electrons. The number of sulfone groups is 1. The third-order valence-corrected chi connectivity index (χ3v) is 6.03. The number of nitrogens with zero attached hydrogens (tertiary/aromatic N) is 1. The Kier molecular flexibility index (Phi) is 4.15. The average Bonchev–Trinajstić information content (AvgIpc) is 2.88. The minimum absolute atomic E-state index is 0.117. The van der Waals surface area contributed by atoms with E-state index in [1.165, 1.54) is 5.56 Å². The van der Waals surface area contributed by atoms with Crippen molar-refractivity contribution in [3.8, 4) is 0 Å². The van der Waals surface area contributed by atoms with Crippen LogP contribution in [0.15, 0.2) is 40.2 Å². The maximum Gasteiger partial charge on any atom is 0.200 e. The van der Waals surface area contributed by atoms with Crippen molar-refractivity contribution in [2.75, 3.05) is 5.32 Å². The Morgan fingerprint density at radius 2 is 2.00 bits per heavy atom. The molecule has 2 rings (SSSR count). The maximum atomic E-state index is 12.2. The van der Waals surface area contributed by atoms with Gasteiger partial charge < -0.3 is 5.32 Å². The zero-order valence-corrected chi connectivity index (χ0v) is 13.4.